The largest absolute Gasteiger partial charge is 0.459 e. The van der Waals surface area contributed by atoms with E-state index in [1.165, 1.54) is 19.2 Å². The zero-order chi connectivity index (χ0) is 21.6. The lowest BCUT2D eigenvalue weighted by Crippen LogP contribution is -2.18. The van der Waals surface area contributed by atoms with Crippen molar-refractivity contribution in [3.05, 3.63) is 56.7 Å². The van der Waals surface area contributed by atoms with Crippen molar-refractivity contribution in [2.75, 3.05) is 13.7 Å². The number of esters is 1. The third kappa shape index (κ3) is 6.27. The molecule has 0 aliphatic rings. The number of hydroxylamine groups is 1. The van der Waals surface area contributed by atoms with E-state index in [1.807, 2.05) is 0 Å². The van der Waals surface area contributed by atoms with Crippen LogP contribution in [0.1, 0.15) is 11.1 Å². The Morgan fingerprint density at radius 3 is 2.66 bits per heavy atom. The van der Waals surface area contributed by atoms with Crippen LogP contribution in [0.15, 0.2) is 30.5 Å². The van der Waals surface area contributed by atoms with Gasteiger partial charge in [0.2, 0.25) is 5.88 Å². The summed E-state index contributed by atoms with van der Waals surface area (Å²) in [5.74, 6) is -1.13. The first kappa shape index (κ1) is 22.3. The van der Waals surface area contributed by atoms with Crippen LogP contribution in [0.25, 0.3) is 0 Å². The normalized spacial score (nSPS) is 11.2. The van der Waals surface area contributed by atoms with Crippen LogP contribution < -0.4 is 10.2 Å². The maximum atomic E-state index is 12.7. The molecule has 156 valence electrons. The molecule has 0 unspecified atom stereocenters. The van der Waals surface area contributed by atoms with Gasteiger partial charge in [-0.2, -0.15) is 13.2 Å². The number of pyridine rings is 1. The smallest absolute Gasteiger partial charge is 0.417 e. The summed E-state index contributed by atoms with van der Waals surface area (Å²) in [6.07, 6.45) is -4.09. The summed E-state index contributed by atoms with van der Waals surface area (Å²) in [7, 11) is 1.43. The Hall–Kier alpha value is -2.96. The highest BCUT2D eigenvalue weighted by molar-refractivity contribution is 6.31. The molecule has 0 aliphatic heterocycles. The average molecular weight is 436 g/mol. The fraction of sp³-hybridized carbons (Fsp3) is 0.250. The lowest BCUT2D eigenvalue weighted by molar-refractivity contribution is -0.385. The predicted molar refractivity (Wildman–Crippen MR) is 92.2 cm³/mol. The second kappa shape index (κ2) is 9.49. The maximum Gasteiger partial charge on any atom is 0.417 e. The highest BCUT2D eigenvalue weighted by Crippen LogP contribution is 2.35. The number of hydrogen-bond acceptors (Lipinski definition) is 8. The maximum absolute atomic E-state index is 12.7. The van der Waals surface area contributed by atoms with Gasteiger partial charge in [0.25, 0.3) is 5.69 Å². The second-order valence-corrected chi connectivity index (χ2v) is 5.72. The SMILES string of the molecule is CNOCC(=O)OCc1cc(Oc2ncc(C(F)(F)F)cc2Cl)ccc1[N+](=O)[O-]. The minimum Gasteiger partial charge on any atom is -0.459 e. The van der Waals surface area contributed by atoms with Crippen LogP contribution in [0, 0.1) is 10.1 Å². The highest BCUT2D eigenvalue weighted by atomic mass is 35.5. The van der Waals surface area contributed by atoms with E-state index in [2.05, 4.69) is 15.3 Å². The lowest BCUT2D eigenvalue weighted by atomic mass is 10.2. The Labute approximate surface area is 166 Å². The van der Waals surface area contributed by atoms with Crippen molar-refractivity contribution in [3.63, 3.8) is 0 Å². The van der Waals surface area contributed by atoms with Crippen molar-refractivity contribution in [3.8, 4) is 11.6 Å². The van der Waals surface area contributed by atoms with Gasteiger partial charge in [-0.25, -0.2) is 15.3 Å². The molecule has 0 aliphatic carbocycles. The van der Waals surface area contributed by atoms with Crippen molar-refractivity contribution >= 4 is 23.3 Å². The summed E-state index contributed by atoms with van der Waals surface area (Å²) in [5, 5.41) is 10.7. The first-order valence-corrected chi connectivity index (χ1v) is 8.11. The summed E-state index contributed by atoms with van der Waals surface area (Å²) in [5.41, 5.74) is 0.827. The fourth-order valence-corrected chi connectivity index (χ4v) is 2.22. The molecule has 0 spiro atoms. The third-order valence-corrected chi connectivity index (χ3v) is 3.59. The van der Waals surface area contributed by atoms with Crippen molar-refractivity contribution in [1.82, 2.24) is 10.5 Å². The van der Waals surface area contributed by atoms with Crippen molar-refractivity contribution in [2.24, 2.45) is 0 Å². The summed E-state index contributed by atoms with van der Waals surface area (Å²) in [4.78, 5) is 30.1. The number of nitro groups is 1. The molecule has 0 atom stereocenters. The molecule has 0 amide bonds. The number of ether oxygens (including phenoxy) is 2. The molecule has 13 heteroatoms. The van der Waals surface area contributed by atoms with Crippen LogP contribution in [0.5, 0.6) is 11.6 Å². The molecule has 1 aromatic carbocycles. The van der Waals surface area contributed by atoms with E-state index in [0.29, 0.717) is 12.3 Å². The van der Waals surface area contributed by atoms with Gasteiger partial charge in [-0.1, -0.05) is 11.6 Å². The molecular weight excluding hydrogens is 423 g/mol. The number of carbonyl (C=O) groups is 1. The van der Waals surface area contributed by atoms with E-state index in [9.17, 15) is 28.1 Å². The Morgan fingerprint density at radius 1 is 1.34 bits per heavy atom. The molecule has 29 heavy (non-hydrogen) atoms. The highest BCUT2D eigenvalue weighted by Gasteiger charge is 2.32. The molecule has 2 rings (SSSR count). The quantitative estimate of drug-likeness (QED) is 0.380. The van der Waals surface area contributed by atoms with Crippen LogP contribution in [-0.2, 0) is 27.2 Å². The van der Waals surface area contributed by atoms with Crippen molar-refractivity contribution in [2.45, 2.75) is 12.8 Å². The van der Waals surface area contributed by atoms with E-state index in [-0.39, 0.29) is 22.9 Å². The monoisotopic (exact) mass is 435 g/mol. The van der Waals surface area contributed by atoms with E-state index < -0.39 is 40.9 Å². The van der Waals surface area contributed by atoms with Gasteiger partial charge in [0.15, 0.2) is 6.61 Å². The van der Waals surface area contributed by atoms with E-state index in [4.69, 9.17) is 21.1 Å². The Balaban J connectivity index is 2.21. The molecular formula is C16H13ClF3N3O6. The Kier molecular flexibility index (Phi) is 7.31. The standard InChI is InChI=1S/C16H13ClF3N3O6/c1-21-28-8-14(24)27-7-9-4-11(2-3-13(9)23(25)26)29-15-12(17)5-10(6-22-15)16(18,19)20/h2-6,21H,7-8H2,1H3. The van der Waals surface area contributed by atoms with Gasteiger partial charge in [0, 0.05) is 19.3 Å². The summed E-state index contributed by atoms with van der Waals surface area (Å²) in [6.45, 7) is -0.890. The summed E-state index contributed by atoms with van der Waals surface area (Å²) in [6, 6.07) is 4.10. The molecule has 0 saturated carbocycles. The number of carbonyl (C=O) groups excluding carboxylic acids is 1. The van der Waals surface area contributed by atoms with E-state index in [0.717, 1.165) is 6.07 Å². The third-order valence-electron chi connectivity index (χ3n) is 3.32. The molecule has 1 heterocycles. The van der Waals surface area contributed by atoms with E-state index in [1.54, 1.807) is 0 Å². The zero-order valence-corrected chi connectivity index (χ0v) is 15.4. The van der Waals surface area contributed by atoms with Crippen molar-refractivity contribution in [1.29, 1.82) is 0 Å². The number of halogens is 4. The van der Waals surface area contributed by atoms with Crippen molar-refractivity contribution < 1.29 is 37.2 Å². The van der Waals surface area contributed by atoms with Crippen LogP contribution >= 0.6 is 11.6 Å². The van der Waals surface area contributed by atoms with Gasteiger partial charge in [-0.3, -0.25) is 15.0 Å². The number of benzene rings is 1. The van der Waals surface area contributed by atoms with Gasteiger partial charge in [0.1, 0.15) is 17.4 Å². The van der Waals surface area contributed by atoms with Gasteiger partial charge in [0.05, 0.1) is 16.1 Å². The van der Waals surface area contributed by atoms with E-state index >= 15 is 0 Å². The minimum atomic E-state index is -4.63. The average Bonchev–Trinajstić information content (AvgIpc) is 2.65. The molecule has 0 bridgehead atoms. The predicted octanol–water partition coefficient (Wildman–Crippen LogP) is 3.65. The second-order valence-electron chi connectivity index (χ2n) is 5.31. The van der Waals surface area contributed by atoms with Crippen LogP contribution in [0.4, 0.5) is 18.9 Å². The number of rotatable bonds is 8. The molecule has 1 aromatic heterocycles. The summed E-state index contributed by atoms with van der Waals surface area (Å²) >= 11 is 5.77. The van der Waals surface area contributed by atoms with Crippen LogP contribution in [0.2, 0.25) is 5.02 Å². The number of nitrogens with one attached hydrogen (secondary N) is 1. The molecule has 0 saturated heterocycles. The topological polar surface area (TPSA) is 113 Å². The number of aromatic nitrogens is 1. The number of nitrogens with zero attached hydrogens (tertiary/aromatic N) is 2. The van der Waals surface area contributed by atoms with Gasteiger partial charge < -0.3 is 9.47 Å². The number of hydrogen-bond donors (Lipinski definition) is 1. The molecule has 1 N–H and O–H groups in total. The van der Waals surface area contributed by atoms with Gasteiger partial charge in [-0.15, -0.1) is 0 Å². The molecule has 0 radical (unpaired) electrons. The number of nitro benzene ring substituents is 1. The van der Waals surface area contributed by atoms with Crippen LogP contribution in [0.3, 0.4) is 0 Å². The summed E-state index contributed by atoms with van der Waals surface area (Å²) < 4.78 is 48.2. The Morgan fingerprint density at radius 2 is 2.07 bits per heavy atom. The van der Waals surface area contributed by atoms with Gasteiger partial charge in [-0.05, 0) is 18.2 Å². The van der Waals surface area contributed by atoms with Gasteiger partial charge >= 0.3 is 12.1 Å². The molecule has 2 aromatic rings. The Bertz CT molecular complexity index is 910. The first-order valence-electron chi connectivity index (χ1n) is 7.74. The molecule has 0 fully saturated rings. The number of alkyl halides is 3. The first-order chi connectivity index (χ1) is 13.6. The molecule has 9 nitrogen and oxygen atoms in total. The van der Waals surface area contributed by atoms with Crippen LogP contribution in [-0.4, -0.2) is 29.5 Å². The fourth-order valence-electron chi connectivity index (χ4n) is 2.02. The zero-order valence-electron chi connectivity index (χ0n) is 14.7. The lowest BCUT2D eigenvalue weighted by Gasteiger charge is -2.11. The minimum absolute atomic E-state index is 0.0118.